The van der Waals surface area contributed by atoms with Crippen molar-refractivity contribution in [2.45, 2.75) is 0 Å². The van der Waals surface area contributed by atoms with Crippen molar-refractivity contribution in [3.8, 4) is 5.75 Å². The Morgan fingerprint density at radius 1 is 1.07 bits per heavy atom. The number of carbonyl (C=O) groups is 2. The highest BCUT2D eigenvalue weighted by Crippen LogP contribution is 2.29. The van der Waals surface area contributed by atoms with Crippen molar-refractivity contribution in [3.05, 3.63) is 58.7 Å². The number of thiophene rings is 1. The molecule has 3 heterocycles. The molecule has 0 unspecified atom stereocenters. The molecule has 0 atom stereocenters. The van der Waals surface area contributed by atoms with Crippen LogP contribution in [0.3, 0.4) is 0 Å². The average Bonchev–Trinajstić information content (AvgIpc) is 3.11. The molecule has 3 aromatic rings. The minimum atomic E-state index is -0.424. The minimum absolute atomic E-state index is 0.0207. The van der Waals surface area contributed by atoms with Gasteiger partial charge in [0.15, 0.2) is 5.75 Å². The lowest BCUT2D eigenvalue weighted by molar-refractivity contribution is 0.0638. The highest BCUT2D eigenvalue weighted by atomic mass is 35.5. The number of nitrogens with zero attached hydrogens (tertiary/aromatic N) is 3. The molecule has 0 N–H and O–H groups in total. The third kappa shape index (κ3) is 3.89. The number of fused-ring (bicyclic) bond motifs is 1. The van der Waals surface area contributed by atoms with Crippen molar-refractivity contribution in [1.82, 2.24) is 14.8 Å². The van der Waals surface area contributed by atoms with Crippen LogP contribution >= 0.6 is 22.9 Å². The smallest absolute Gasteiger partial charge is 0.409 e. The number of piperazine rings is 1. The van der Waals surface area contributed by atoms with Gasteiger partial charge in [-0.2, -0.15) is 0 Å². The summed E-state index contributed by atoms with van der Waals surface area (Å²) in [6, 6.07) is 10.9. The van der Waals surface area contributed by atoms with Gasteiger partial charge in [0.25, 0.3) is 5.91 Å². The summed E-state index contributed by atoms with van der Waals surface area (Å²) in [5.41, 5.74) is 0. The summed E-state index contributed by atoms with van der Waals surface area (Å²) in [6.07, 6.45) is 2.68. The maximum Gasteiger partial charge on any atom is 0.415 e. The summed E-state index contributed by atoms with van der Waals surface area (Å²) in [5.74, 6) is 0.387. The van der Waals surface area contributed by atoms with Gasteiger partial charge in [-0.1, -0.05) is 11.6 Å². The average molecular weight is 402 g/mol. The van der Waals surface area contributed by atoms with E-state index in [0.29, 0.717) is 41.8 Å². The first-order chi connectivity index (χ1) is 13.1. The molecule has 27 heavy (non-hydrogen) atoms. The van der Waals surface area contributed by atoms with E-state index in [4.69, 9.17) is 16.3 Å². The number of amides is 2. The zero-order valence-corrected chi connectivity index (χ0v) is 15.9. The minimum Gasteiger partial charge on any atom is -0.409 e. The van der Waals surface area contributed by atoms with E-state index in [-0.39, 0.29) is 5.91 Å². The number of carbonyl (C=O) groups excluding carboxylic acids is 2. The molecule has 1 fully saturated rings. The Balaban J connectivity index is 1.38. The number of aromatic nitrogens is 1. The standard InChI is InChI=1S/C19H16ClN3O3S/c20-14-3-4-16-13(10-14)11-17(27-16)18(24)22-6-8-23(9-7-22)19(25)26-15-2-1-5-21-12-15/h1-5,10-12H,6-9H2. The van der Waals surface area contributed by atoms with Crippen LogP contribution in [-0.4, -0.2) is 53.0 Å². The Morgan fingerprint density at radius 3 is 2.59 bits per heavy atom. The van der Waals surface area contributed by atoms with Crippen molar-refractivity contribution in [2.75, 3.05) is 26.2 Å². The predicted molar refractivity (Wildman–Crippen MR) is 105 cm³/mol. The lowest BCUT2D eigenvalue weighted by atomic mass is 10.2. The number of rotatable bonds is 2. The topological polar surface area (TPSA) is 62.7 Å². The molecule has 4 rings (SSSR count). The van der Waals surface area contributed by atoms with E-state index >= 15 is 0 Å². The molecule has 1 aliphatic heterocycles. The van der Waals surface area contributed by atoms with Crippen LogP contribution in [-0.2, 0) is 0 Å². The maximum absolute atomic E-state index is 12.8. The molecule has 1 aromatic carbocycles. The lowest BCUT2D eigenvalue weighted by Crippen LogP contribution is -2.51. The fraction of sp³-hybridized carbons (Fsp3) is 0.211. The summed E-state index contributed by atoms with van der Waals surface area (Å²) in [7, 11) is 0. The van der Waals surface area contributed by atoms with Crippen LogP contribution in [0.2, 0.25) is 5.02 Å². The molecular formula is C19H16ClN3O3S. The summed E-state index contributed by atoms with van der Waals surface area (Å²) >= 11 is 7.47. The molecule has 2 aromatic heterocycles. The SMILES string of the molecule is O=C(Oc1cccnc1)N1CCN(C(=O)c2cc3cc(Cl)ccc3s2)CC1. The molecule has 0 bridgehead atoms. The van der Waals surface area contributed by atoms with Crippen LogP contribution in [0, 0.1) is 0 Å². The Kier molecular flexibility index (Phi) is 4.96. The number of halogens is 1. The molecule has 0 radical (unpaired) electrons. The summed E-state index contributed by atoms with van der Waals surface area (Å²) in [6.45, 7) is 1.80. The van der Waals surface area contributed by atoms with Gasteiger partial charge in [0.1, 0.15) is 0 Å². The van der Waals surface area contributed by atoms with Gasteiger partial charge < -0.3 is 14.5 Å². The Labute approximate surface area is 164 Å². The van der Waals surface area contributed by atoms with E-state index in [2.05, 4.69) is 4.98 Å². The van der Waals surface area contributed by atoms with Crippen molar-refractivity contribution in [3.63, 3.8) is 0 Å². The quantitative estimate of drug-likeness (QED) is 0.653. The van der Waals surface area contributed by atoms with Gasteiger partial charge in [-0.25, -0.2) is 4.79 Å². The van der Waals surface area contributed by atoms with Crippen molar-refractivity contribution < 1.29 is 14.3 Å². The van der Waals surface area contributed by atoms with E-state index in [0.717, 1.165) is 10.1 Å². The molecule has 1 aliphatic rings. The molecule has 6 nitrogen and oxygen atoms in total. The van der Waals surface area contributed by atoms with Crippen LogP contribution in [0.25, 0.3) is 10.1 Å². The van der Waals surface area contributed by atoms with E-state index in [1.165, 1.54) is 17.5 Å². The van der Waals surface area contributed by atoms with Gasteiger partial charge in [-0.15, -0.1) is 11.3 Å². The van der Waals surface area contributed by atoms with E-state index in [1.807, 2.05) is 24.3 Å². The second kappa shape index (κ2) is 7.54. The molecule has 138 valence electrons. The van der Waals surface area contributed by atoms with Crippen LogP contribution in [0.4, 0.5) is 4.79 Å². The fourth-order valence-corrected chi connectivity index (χ4v) is 4.13. The second-order valence-corrected chi connectivity index (χ2v) is 7.65. The van der Waals surface area contributed by atoms with Gasteiger partial charge in [0, 0.05) is 42.1 Å². The number of ether oxygens (including phenoxy) is 1. The van der Waals surface area contributed by atoms with E-state index in [9.17, 15) is 9.59 Å². The third-order valence-electron chi connectivity index (χ3n) is 4.35. The number of hydrogen-bond acceptors (Lipinski definition) is 5. The zero-order chi connectivity index (χ0) is 18.8. The summed E-state index contributed by atoms with van der Waals surface area (Å²) in [5, 5.41) is 1.62. The normalized spacial score (nSPS) is 14.4. The first-order valence-corrected chi connectivity index (χ1v) is 9.65. The number of benzene rings is 1. The fourth-order valence-electron chi connectivity index (χ4n) is 2.94. The van der Waals surface area contributed by atoms with Gasteiger partial charge >= 0.3 is 6.09 Å². The monoisotopic (exact) mass is 401 g/mol. The lowest BCUT2D eigenvalue weighted by Gasteiger charge is -2.33. The Morgan fingerprint density at radius 2 is 1.85 bits per heavy atom. The highest BCUT2D eigenvalue weighted by Gasteiger charge is 2.26. The van der Waals surface area contributed by atoms with Crippen LogP contribution in [0.1, 0.15) is 9.67 Å². The first-order valence-electron chi connectivity index (χ1n) is 8.45. The van der Waals surface area contributed by atoms with Gasteiger partial charge in [0.05, 0.1) is 11.1 Å². The van der Waals surface area contributed by atoms with Crippen molar-refractivity contribution >= 4 is 45.0 Å². The van der Waals surface area contributed by atoms with Gasteiger partial charge in [0.2, 0.25) is 0 Å². The third-order valence-corrected chi connectivity index (χ3v) is 5.69. The van der Waals surface area contributed by atoms with Crippen molar-refractivity contribution in [1.29, 1.82) is 0 Å². The molecule has 2 amide bonds. The van der Waals surface area contributed by atoms with Crippen molar-refractivity contribution in [2.24, 2.45) is 0 Å². The molecule has 1 saturated heterocycles. The number of hydrogen-bond donors (Lipinski definition) is 0. The van der Waals surface area contributed by atoms with Crippen LogP contribution < -0.4 is 4.74 Å². The first kappa shape index (κ1) is 17.8. The zero-order valence-electron chi connectivity index (χ0n) is 14.3. The molecule has 0 spiro atoms. The Bertz CT molecular complexity index is 984. The van der Waals surface area contributed by atoms with E-state index in [1.54, 1.807) is 28.1 Å². The molecule has 0 saturated carbocycles. The molecule has 8 heteroatoms. The van der Waals surface area contributed by atoms with Crippen LogP contribution in [0.15, 0.2) is 48.8 Å². The second-order valence-electron chi connectivity index (χ2n) is 6.13. The predicted octanol–water partition coefficient (Wildman–Crippen LogP) is 3.91. The van der Waals surface area contributed by atoms with Gasteiger partial charge in [-0.05, 0) is 41.8 Å². The summed E-state index contributed by atoms with van der Waals surface area (Å²) < 4.78 is 6.33. The van der Waals surface area contributed by atoms with Gasteiger partial charge in [-0.3, -0.25) is 9.78 Å². The molecular weight excluding hydrogens is 386 g/mol. The largest absolute Gasteiger partial charge is 0.415 e. The summed E-state index contributed by atoms with van der Waals surface area (Å²) in [4.78, 5) is 33.0. The maximum atomic E-state index is 12.8. The highest BCUT2D eigenvalue weighted by molar-refractivity contribution is 7.20. The Hall–Kier alpha value is -2.64. The molecule has 0 aliphatic carbocycles. The van der Waals surface area contributed by atoms with Crippen LogP contribution in [0.5, 0.6) is 5.75 Å². The van der Waals surface area contributed by atoms with E-state index < -0.39 is 6.09 Å². The number of pyridine rings is 1.